The molecule has 2 aliphatic heterocycles. The van der Waals surface area contributed by atoms with Crippen LogP contribution in [0.25, 0.3) is 0 Å². The monoisotopic (exact) mass is 874 g/mol. The summed E-state index contributed by atoms with van der Waals surface area (Å²) in [5, 5.41) is 32.2. The average Bonchev–Trinajstić information content (AvgIpc) is 4.09. The van der Waals surface area contributed by atoms with Gasteiger partial charge in [-0.05, 0) is 128 Å². The lowest BCUT2D eigenvalue weighted by Gasteiger charge is -2.41. The van der Waals surface area contributed by atoms with Crippen molar-refractivity contribution in [2.45, 2.75) is 142 Å². The van der Waals surface area contributed by atoms with Gasteiger partial charge in [0.2, 0.25) is 17.7 Å². The Labute approximate surface area is 370 Å². The van der Waals surface area contributed by atoms with Gasteiger partial charge in [0.1, 0.15) is 35.4 Å². The molecular weight excluding hydrogens is 809 g/mol. The molecule has 0 aromatic heterocycles. The van der Waals surface area contributed by atoms with Gasteiger partial charge in [-0.1, -0.05) is 48.5 Å². The van der Waals surface area contributed by atoms with Crippen molar-refractivity contribution in [1.29, 1.82) is 10.8 Å². The van der Waals surface area contributed by atoms with Crippen molar-refractivity contribution in [1.82, 2.24) is 25.8 Å². The first-order chi connectivity index (χ1) is 29.5. The number of rotatable bonds is 13. The molecule has 5 amide bonds. The number of carboxylic acid groups (broad SMARTS) is 1. The number of nitrogens with two attached hydrogens (primary N) is 1. The molecule has 344 valence electrons. The third-order valence-corrected chi connectivity index (χ3v) is 10.7. The van der Waals surface area contributed by atoms with Crippen molar-refractivity contribution >= 4 is 47.3 Å². The first kappa shape index (κ1) is 49.8. The lowest BCUT2D eigenvalue weighted by atomic mass is 9.99. The van der Waals surface area contributed by atoms with E-state index in [1.165, 1.54) is 4.90 Å². The topological polar surface area (TPSA) is 257 Å². The first-order valence-electron chi connectivity index (χ1n) is 21.6. The maximum Gasteiger partial charge on any atom is 0.408 e. The predicted molar refractivity (Wildman–Crippen MR) is 237 cm³/mol. The van der Waals surface area contributed by atoms with Gasteiger partial charge in [-0.15, -0.1) is 0 Å². The molecule has 2 heterocycles. The molecule has 0 radical (unpaired) electrons. The number of nitrogens with zero attached hydrogens (tertiary/aromatic N) is 2. The third-order valence-electron chi connectivity index (χ3n) is 10.7. The van der Waals surface area contributed by atoms with Gasteiger partial charge in [-0.3, -0.25) is 14.4 Å². The van der Waals surface area contributed by atoms with Crippen molar-refractivity contribution in [3.05, 3.63) is 70.8 Å². The minimum absolute atomic E-state index is 0.0834. The van der Waals surface area contributed by atoms with E-state index in [1.54, 1.807) is 60.3 Å². The molecule has 2 saturated carbocycles. The molecule has 2 aliphatic carbocycles. The zero-order chi connectivity index (χ0) is 46.8. The summed E-state index contributed by atoms with van der Waals surface area (Å²) in [6.45, 7) is 15.9. The molecule has 17 nitrogen and oxygen atoms in total. The molecule has 8 N–H and O–H groups in total. The number of carbonyl (C=O) groups is 6. The van der Waals surface area contributed by atoms with Gasteiger partial charge in [-0.2, -0.15) is 0 Å². The molecule has 2 aromatic rings. The number of carboxylic acids is 1. The number of amides is 5. The summed E-state index contributed by atoms with van der Waals surface area (Å²) < 4.78 is 10.5. The molecule has 4 atom stereocenters. The molecule has 2 aromatic carbocycles. The summed E-state index contributed by atoms with van der Waals surface area (Å²) in [7, 11) is 0. The maximum absolute atomic E-state index is 13.1. The highest BCUT2D eigenvalue weighted by Gasteiger charge is 2.47. The minimum atomic E-state index is -0.999. The van der Waals surface area contributed by atoms with Crippen LogP contribution in [0.5, 0.6) is 0 Å². The number of nitrogens with one attached hydrogen (secondary N) is 5. The number of benzene rings is 2. The van der Waals surface area contributed by atoms with E-state index >= 15 is 0 Å². The highest BCUT2D eigenvalue weighted by Crippen LogP contribution is 2.36. The van der Waals surface area contributed by atoms with Gasteiger partial charge >= 0.3 is 18.2 Å². The van der Waals surface area contributed by atoms with E-state index in [1.807, 2.05) is 48.5 Å². The van der Waals surface area contributed by atoms with Crippen molar-refractivity contribution in [3.63, 3.8) is 0 Å². The molecule has 0 bridgehead atoms. The Bertz CT molecular complexity index is 1980. The van der Waals surface area contributed by atoms with Crippen molar-refractivity contribution in [2.24, 2.45) is 17.6 Å². The van der Waals surface area contributed by atoms with Crippen molar-refractivity contribution in [2.75, 3.05) is 13.1 Å². The number of hydrogen-bond donors (Lipinski definition) is 7. The van der Waals surface area contributed by atoms with E-state index in [2.05, 4.69) is 16.0 Å². The van der Waals surface area contributed by atoms with Crippen LogP contribution >= 0.6 is 0 Å². The number of carbonyl (C=O) groups excluding carboxylic acids is 5. The SMILES string of the molecule is CC(=N)c1ccc(CN)cc1.CC(=N)c1ccc(CNC(=O)[C@@H]2CCN2C(=O)[C@H](NC(=O)OC(C)(C)C)C2CC2)cc1.CC(C)(C)OC(=O)N[C@@H](C(=O)N1CC[C@H]1C(=O)O)C1CC1. The average molecular weight is 875 g/mol. The summed E-state index contributed by atoms with van der Waals surface area (Å²) in [4.78, 5) is 76.0. The molecule has 0 unspecified atom stereocenters. The summed E-state index contributed by atoms with van der Waals surface area (Å²) in [5.74, 6) is -1.55. The molecular formula is C46H66N8O9. The van der Waals surface area contributed by atoms with Crippen LogP contribution in [0.1, 0.15) is 116 Å². The van der Waals surface area contributed by atoms with E-state index in [-0.39, 0.29) is 29.6 Å². The van der Waals surface area contributed by atoms with E-state index in [9.17, 15) is 28.8 Å². The van der Waals surface area contributed by atoms with Crippen molar-refractivity contribution < 1.29 is 43.3 Å². The van der Waals surface area contributed by atoms with E-state index in [4.69, 9.17) is 31.1 Å². The highest BCUT2D eigenvalue weighted by atomic mass is 16.6. The standard InChI is InChI=1S/C23H32N4O4.C14H22N2O5.C9H12N2/c1-14(24)16-7-5-15(6-8-16)13-25-20(28)18-11-12-27(18)21(29)19(17-9-10-17)26-22(30)31-23(2,3)4;1-14(2,3)21-13(20)15-10(8-4-5-8)11(17)16-7-6-9(16)12(18)19;1-7(11)9-4-2-8(6-10)3-5-9/h5-8,17-19,24H,9-13H2,1-4H3,(H,25,28)(H,26,30);8-10H,4-7H2,1-3H3,(H,15,20)(H,18,19);2-5,11H,6,10H2,1H3/t18-,19+;9-,10+;/m00./s1. The second-order valence-corrected chi connectivity index (χ2v) is 18.5. The van der Waals surface area contributed by atoms with Crippen LogP contribution in [0, 0.1) is 22.7 Å². The quantitative estimate of drug-likeness (QED) is 0.131. The summed E-state index contributed by atoms with van der Waals surface area (Å²) in [5.41, 5.74) is 9.06. The number of ether oxygens (including phenoxy) is 2. The zero-order valence-corrected chi connectivity index (χ0v) is 37.8. The van der Waals surface area contributed by atoms with Crippen LogP contribution in [0.15, 0.2) is 48.5 Å². The van der Waals surface area contributed by atoms with Crippen LogP contribution in [-0.4, -0.2) is 111 Å². The maximum atomic E-state index is 13.1. The van der Waals surface area contributed by atoms with Crippen LogP contribution in [0.2, 0.25) is 0 Å². The largest absolute Gasteiger partial charge is 0.480 e. The molecule has 0 spiro atoms. The zero-order valence-electron chi connectivity index (χ0n) is 37.8. The Hall–Kier alpha value is -5.84. The molecule has 4 aliphatic rings. The molecule has 17 heteroatoms. The van der Waals surface area contributed by atoms with Crippen LogP contribution in [-0.2, 0) is 41.7 Å². The van der Waals surface area contributed by atoms with Crippen LogP contribution in [0.4, 0.5) is 9.59 Å². The number of alkyl carbamates (subject to hydrolysis) is 2. The van der Waals surface area contributed by atoms with E-state index in [0.29, 0.717) is 50.4 Å². The van der Waals surface area contributed by atoms with Gasteiger partial charge in [0.25, 0.3) is 0 Å². The molecule has 4 fully saturated rings. The lowest BCUT2D eigenvalue weighted by Crippen LogP contribution is -2.63. The summed E-state index contributed by atoms with van der Waals surface area (Å²) in [6, 6.07) is 12.6. The second kappa shape index (κ2) is 21.5. The summed E-state index contributed by atoms with van der Waals surface area (Å²) >= 11 is 0. The normalized spacial score (nSPS) is 18.7. The van der Waals surface area contributed by atoms with Gasteiger partial charge in [0, 0.05) is 37.6 Å². The fourth-order valence-electron chi connectivity index (χ4n) is 6.75. The Morgan fingerprint density at radius 1 is 0.667 bits per heavy atom. The van der Waals surface area contributed by atoms with Gasteiger partial charge in [0.05, 0.1) is 0 Å². The fourth-order valence-corrected chi connectivity index (χ4v) is 6.75. The molecule has 63 heavy (non-hydrogen) atoms. The minimum Gasteiger partial charge on any atom is -0.480 e. The summed E-state index contributed by atoms with van der Waals surface area (Å²) in [6.07, 6.45) is 3.29. The number of hydrogen-bond acceptors (Lipinski definition) is 11. The number of aliphatic carboxylic acids is 1. The number of likely N-dealkylation sites (tertiary alicyclic amines) is 2. The van der Waals surface area contributed by atoms with Gasteiger partial charge < -0.3 is 56.9 Å². The lowest BCUT2D eigenvalue weighted by molar-refractivity contribution is -0.158. The molecule has 2 saturated heterocycles. The second-order valence-electron chi connectivity index (χ2n) is 18.5. The van der Waals surface area contributed by atoms with Gasteiger partial charge in [0.15, 0.2) is 0 Å². The van der Waals surface area contributed by atoms with E-state index < -0.39 is 53.5 Å². The Morgan fingerprint density at radius 2 is 1.05 bits per heavy atom. The fraction of sp³-hybridized carbons (Fsp3) is 0.565. The van der Waals surface area contributed by atoms with Crippen LogP contribution < -0.4 is 21.7 Å². The van der Waals surface area contributed by atoms with Crippen molar-refractivity contribution in [3.8, 4) is 0 Å². The smallest absolute Gasteiger partial charge is 0.408 e. The Kier molecular flexibility index (Phi) is 17.0. The van der Waals surface area contributed by atoms with Crippen LogP contribution in [0.3, 0.4) is 0 Å². The Morgan fingerprint density at radius 3 is 1.35 bits per heavy atom. The highest BCUT2D eigenvalue weighted by molar-refractivity contribution is 5.97. The van der Waals surface area contributed by atoms with Gasteiger partial charge in [-0.25, -0.2) is 14.4 Å². The molecule has 6 rings (SSSR count). The third kappa shape index (κ3) is 15.5. The first-order valence-corrected chi connectivity index (χ1v) is 21.6. The predicted octanol–water partition coefficient (Wildman–Crippen LogP) is 5.10. The van der Waals surface area contributed by atoms with E-state index in [0.717, 1.165) is 47.9 Å². The Balaban J connectivity index is 0.000000233.